The number of unbranched alkanes of at least 4 members (excludes halogenated alkanes) is 1. The van der Waals surface area contributed by atoms with E-state index in [2.05, 4.69) is 76.8 Å². The number of anilines is 1. The highest BCUT2D eigenvalue weighted by molar-refractivity contribution is 8.77. The molecule has 0 saturated carbocycles. The van der Waals surface area contributed by atoms with Crippen LogP contribution in [-0.4, -0.2) is 140 Å². The van der Waals surface area contributed by atoms with Gasteiger partial charge >= 0.3 is 5.97 Å². The van der Waals surface area contributed by atoms with Crippen molar-refractivity contribution in [1.29, 1.82) is 0 Å². The van der Waals surface area contributed by atoms with Crippen LogP contribution < -0.4 is 53.2 Å². The van der Waals surface area contributed by atoms with Crippen molar-refractivity contribution < 1.29 is 62.4 Å². The fourth-order valence-electron chi connectivity index (χ4n) is 8.41. The second kappa shape index (κ2) is 33.8. The van der Waals surface area contributed by atoms with E-state index >= 15 is 0 Å². The molecule has 1 aliphatic rings. The summed E-state index contributed by atoms with van der Waals surface area (Å²) in [7, 11) is 4.87. The van der Waals surface area contributed by atoms with Gasteiger partial charge in [-0.15, -0.1) is 0 Å². The average molecular weight is 1290 g/mol. The molecule has 0 aromatic heterocycles. The molecule has 0 radical (unpaired) electrons. The zero-order valence-corrected chi connectivity index (χ0v) is 55.2. The van der Waals surface area contributed by atoms with Gasteiger partial charge in [-0.25, -0.2) is 4.79 Å². The predicted molar refractivity (Wildman–Crippen MR) is 346 cm³/mol. The van der Waals surface area contributed by atoms with Crippen LogP contribution in [0.25, 0.3) is 0 Å². The van der Waals surface area contributed by atoms with Crippen LogP contribution >= 0.6 is 21.6 Å². The molecular formula is C64H83N11O14S2. The monoisotopic (exact) mass is 1290 g/mol. The van der Waals surface area contributed by atoms with Crippen LogP contribution in [0.1, 0.15) is 150 Å². The highest BCUT2D eigenvalue weighted by Crippen LogP contribution is 2.40. The molecule has 1 heterocycles. The van der Waals surface area contributed by atoms with Crippen LogP contribution in [0.3, 0.4) is 0 Å². The van der Waals surface area contributed by atoms with Gasteiger partial charge < -0.3 is 57.9 Å². The SMILES string of the molecule is COC(=O)C(C)(C)NC(=O)[C@H](C)NC(=O)C(C)(C)NC(=O)[C@H](C)NC(=O)C(CCC(=O)Nc1cc(C#Cc2ccccc2)ccc1C#Cc1ccc([N+](=O)[O-])cc1)NC(=O)C(C)(C)NC(=O)[C@H](C)NC(=O)C(C)(C)NC(=O)[C@H](C)NC(=O)CCCCC1CCSS1. The van der Waals surface area contributed by atoms with Crippen molar-refractivity contribution in [2.45, 2.75) is 186 Å². The summed E-state index contributed by atoms with van der Waals surface area (Å²) in [4.78, 5) is 159. The first kappa shape index (κ1) is 74.5. The highest BCUT2D eigenvalue weighted by atomic mass is 33.1. The Morgan fingerprint density at radius 2 is 1.03 bits per heavy atom. The molecule has 0 aliphatic carbocycles. The number of esters is 1. The van der Waals surface area contributed by atoms with Crippen LogP contribution in [-0.2, 0) is 57.5 Å². The molecule has 0 bridgehead atoms. The predicted octanol–water partition coefficient (Wildman–Crippen LogP) is 4.08. The van der Waals surface area contributed by atoms with E-state index in [9.17, 15) is 62.9 Å². The van der Waals surface area contributed by atoms with Crippen LogP contribution in [0.5, 0.6) is 0 Å². The van der Waals surface area contributed by atoms with Crippen LogP contribution in [0.2, 0.25) is 0 Å². The van der Waals surface area contributed by atoms with Crippen LogP contribution in [0, 0.1) is 33.8 Å². The molecule has 1 aliphatic heterocycles. The highest BCUT2D eigenvalue weighted by Gasteiger charge is 2.39. The Morgan fingerprint density at radius 3 is 1.55 bits per heavy atom. The van der Waals surface area contributed by atoms with E-state index < -0.39 is 129 Å². The van der Waals surface area contributed by atoms with Gasteiger partial charge in [0.05, 0.1) is 17.7 Å². The third-order valence-corrected chi connectivity index (χ3v) is 17.2. The Kier molecular flexibility index (Phi) is 27.6. The molecule has 1 fully saturated rings. The normalized spacial score (nSPS) is 14.6. The van der Waals surface area contributed by atoms with E-state index in [1.165, 1.54) is 107 Å². The number of nitro benzene ring substituents is 1. The first-order chi connectivity index (χ1) is 42.5. The summed E-state index contributed by atoms with van der Waals surface area (Å²) in [5.74, 6) is 4.74. The summed E-state index contributed by atoms with van der Waals surface area (Å²) < 4.78 is 4.72. The largest absolute Gasteiger partial charge is 0.467 e. The van der Waals surface area contributed by atoms with Gasteiger partial charge in [-0.3, -0.25) is 58.1 Å². The van der Waals surface area contributed by atoms with Crippen molar-refractivity contribution in [2.75, 3.05) is 18.2 Å². The minimum Gasteiger partial charge on any atom is -0.467 e. The number of benzene rings is 3. The number of nitro groups is 1. The second-order valence-corrected chi connectivity index (χ2v) is 26.8. The number of methoxy groups -OCH3 is 1. The summed E-state index contributed by atoms with van der Waals surface area (Å²) in [6.45, 7) is 16.4. The van der Waals surface area contributed by atoms with E-state index in [4.69, 9.17) is 4.74 Å². The van der Waals surface area contributed by atoms with Crippen LogP contribution in [0.15, 0.2) is 72.8 Å². The maximum atomic E-state index is 14.3. The summed E-state index contributed by atoms with van der Waals surface area (Å²) in [5, 5.41) is 37.6. The topological polar surface area (TPSA) is 360 Å². The molecule has 10 N–H and O–H groups in total. The molecule has 3 aromatic rings. The van der Waals surface area contributed by atoms with Gasteiger partial charge in [0.25, 0.3) is 5.69 Å². The lowest BCUT2D eigenvalue weighted by molar-refractivity contribution is -0.384. The Bertz CT molecular complexity index is 3330. The Hall–Kier alpha value is -8.95. The number of hydrogen-bond acceptors (Lipinski definition) is 16. The van der Waals surface area contributed by atoms with Gasteiger partial charge in [-0.05, 0) is 151 Å². The summed E-state index contributed by atoms with van der Waals surface area (Å²) in [6, 6.07) is 13.0. The fraction of sp³-hybridized carbons (Fsp3) is 0.484. The van der Waals surface area contributed by atoms with Crippen molar-refractivity contribution in [2.24, 2.45) is 0 Å². The first-order valence-electron chi connectivity index (χ1n) is 29.5. The van der Waals surface area contributed by atoms with Crippen molar-refractivity contribution >= 4 is 98.0 Å². The lowest BCUT2D eigenvalue weighted by Crippen LogP contribution is -2.64. The molecule has 10 amide bonds. The molecule has 91 heavy (non-hydrogen) atoms. The zero-order chi connectivity index (χ0) is 68.0. The molecule has 6 atom stereocenters. The van der Waals surface area contributed by atoms with Crippen molar-refractivity contribution in [3.05, 3.63) is 105 Å². The fourth-order valence-corrected chi connectivity index (χ4v) is 11.4. The minimum absolute atomic E-state index is 0.139. The van der Waals surface area contributed by atoms with E-state index in [-0.39, 0.29) is 23.7 Å². The Balaban J connectivity index is 1.52. The van der Waals surface area contributed by atoms with Crippen LogP contribution in [0.4, 0.5) is 11.4 Å². The number of nitrogens with zero attached hydrogens (tertiary/aromatic N) is 1. The number of ether oxygens (including phenoxy) is 1. The van der Waals surface area contributed by atoms with Crippen molar-refractivity contribution in [3.63, 3.8) is 0 Å². The summed E-state index contributed by atoms with van der Waals surface area (Å²) >= 11 is 0. The van der Waals surface area contributed by atoms with Crippen molar-refractivity contribution in [3.8, 4) is 23.7 Å². The van der Waals surface area contributed by atoms with Gasteiger partial charge in [0, 0.05) is 58.2 Å². The third-order valence-electron chi connectivity index (χ3n) is 14.2. The number of amides is 10. The molecule has 3 aromatic carbocycles. The maximum absolute atomic E-state index is 14.3. The Morgan fingerprint density at radius 1 is 0.560 bits per heavy atom. The van der Waals surface area contributed by atoms with Gasteiger partial charge in [-0.2, -0.15) is 0 Å². The van der Waals surface area contributed by atoms with Gasteiger partial charge in [0.1, 0.15) is 52.4 Å². The number of nitrogens with one attached hydrogen (secondary N) is 10. The lowest BCUT2D eigenvalue weighted by atomic mass is 10.0. The smallest absolute Gasteiger partial charge is 0.330 e. The molecule has 1 saturated heterocycles. The number of non-ortho nitro benzene ring substituents is 1. The van der Waals surface area contributed by atoms with E-state index in [1.807, 2.05) is 51.9 Å². The minimum atomic E-state index is -1.84. The zero-order valence-electron chi connectivity index (χ0n) is 53.5. The van der Waals surface area contributed by atoms with Gasteiger partial charge in [0.15, 0.2) is 0 Å². The molecule has 0 spiro atoms. The molecular weight excluding hydrogens is 1210 g/mol. The average Bonchev–Trinajstić information content (AvgIpc) is 3.90. The van der Waals surface area contributed by atoms with Crippen molar-refractivity contribution in [1.82, 2.24) is 47.9 Å². The molecule has 490 valence electrons. The molecule has 2 unspecified atom stereocenters. The quantitative estimate of drug-likeness (QED) is 0.0122. The summed E-state index contributed by atoms with van der Waals surface area (Å²) in [6.07, 6.45) is 3.06. The van der Waals surface area contributed by atoms with E-state index in [0.717, 1.165) is 32.1 Å². The maximum Gasteiger partial charge on any atom is 0.330 e. The lowest BCUT2D eigenvalue weighted by Gasteiger charge is -2.31. The van der Waals surface area contributed by atoms with Gasteiger partial charge in [0.2, 0.25) is 59.1 Å². The standard InChI is InChI=1S/C64H83N11O14S2/c1-38(65-50(76)22-18-17-21-47-35-36-90-91-47)52(78)71-61(5,6)57(83)67-40(3)54(80)73-63(9,10)59(85)70-48(56(82)66-39(2)53(79)72-62(7,8)58(84)68-41(4)55(81)74-64(11,12)60(86)89-13)33-34-51(77)69-49-37-44(24-23-42-19-15-14-16-20-42)26-30-45(49)29-25-43-27-31-46(32-28-43)75(87)88/h14-16,19-20,26-28,30-32,37-41,47-48H,17-18,21-22,33-36H2,1-13H3,(H,65,76)(H,66,82)(H,67,83)(H,68,84)(H,69,77)(H,70,85)(H,71,78)(H,72,79)(H,73,80)(H,74,81)/t38-,39-,40-,41-,47?,48?/m0/s1. The second-order valence-electron chi connectivity index (χ2n) is 24.0. The van der Waals surface area contributed by atoms with E-state index in [1.54, 1.807) is 18.2 Å². The van der Waals surface area contributed by atoms with Gasteiger partial charge in [-0.1, -0.05) is 69.9 Å². The molecule has 25 nitrogen and oxygen atoms in total. The third kappa shape index (κ3) is 24.1. The number of hydrogen-bond donors (Lipinski definition) is 10. The Labute approximate surface area is 538 Å². The number of rotatable bonds is 28. The number of carbonyl (C=O) groups excluding carboxylic acids is 11. The van der Waals surface area contributed by atoms with E-state index in [0.29, 0.717) is 33.9 Å². The summed E-state index contributed by atoms with van der Waals surface area (Å²) in [5.41, 5.74) is -4.59. The molecule has 4 rings (SSSR count). The first-order valence-corrected chi connectivity index (χ1v) is 31.9. The molecule has 27 heteroatoms. The number of carbonyl (C=O) groups is 11.